The van der Waals surface area contributed by atoms with Gasteiger partial charge in [-0.25, -0.2) is 4.39 Å². The predicted octanol–water partition coefficient (Wildman–Crippen LogP) is 4.21. The van der Waals surface area contributed by atoms with Gasteiger partial charge >= 0.3 is 5.97 Å². The Balaban J connectivity index is 2.07. The lowest BCUT2D eigenvalue weighted by Crippen LogP contribution is -2.18. The number of halogens is 2. The van der Waals surface area contributed by atoms with Gasteiger partial charge in [0.05, 0.1) is 18.2 Å². The van der Waals surface area contributed by atoms with E-state index in [1.54, 1.807) is 43.6 Å². The molecule has 0 aliphatic carbocycles. The first-order valence-electron chi connectivity index (χ1n) is 8.90. The maximum Gasteiger partial charge on any atom is 0.305 e. The average Bonchev–Trinajstić information content (AvgIpc) is 2.78. The van der Waals surface area contributed by atoms with Crippen molar-refractivity contribution < 1.29 is 14.3 Å². The third-order valence-corrected chi connectivity index (χ3v) is 5.17. The number of aliphatic carboxylic acids is 1. The van der Waals surface area contributed by atoms with Gasteiger partial charge in [0.1, 0.15) is 5.82 Å². The molecule has 0 spiro atoms. The SMILES string of the molecule is Cn1cc2c(cc1=O)[C@H](CC(=O)O)N=C(c1ccc(Cl)cc1)c1cc(F)ccc1-2. The summed E-state index contributed by atoms with van der Waals surface area (Å²) >= 11 is 6.00. The fraction of sp³-hybridized carbons (Fsp3) is 0.136. The number of rotatable bonds is 3. The Labute approximate surface area is 170 Å². The highest BCUT2D eigenvalue weighted by Gasteiger charge is 2.27. The molecule has 0 bridgehead atoms. The molecular weight excluding hydrogens is 395 g/mol. The summed E-state index contributed by atoms with van der Waals surface area (Å²) < 4.78 is 15.6. The van der Waals surface area contributed by atoms with Gasteiger partial charge in [0.25, 0.3) is 5.56 Å². The van der Waals surface area contributed by atoms with Gasteiger partial charge < -0.3 is 9.67 Å². The number of hydrogen-bond acceptors (Lipinski definition) is 3. The zero-order chi connectivity index (χ0) is 20.7. The first-order chi connectivity index (χ1) is 13.8. The molecule has 2 heterocycles. The van der Waals surface area contributed by atoms with Crippen LogP contribution >= 0.6 is 11.6 Å². The van der Waals surface area contributed by atoms with Crippen molar-refractivity contribution in [1.82, 2.24) is 4.57 Å². The van der Waals surface area contributed by atoms with Crippen molar-refractivity contribution >= 4 is 23.3 Å². The van der Waals surface area contributed by atoms with E-state index in [1.165, 1.54) is 22.8 Å². The normalized spacial score (nSPS) is 15.1. The summed E-state index contributed by atoms with van der Waals surface area (Å²) in [6.07, 6.45) is 1.34. The molecule has 2 aromatic carbocycles. The number of pyridine rings is 1. The van der Waals surface area contributed by atoms with E-state index in [2.05, 4.69) is 4.99 Å². The Morgan fingerprint density at radius 1 is 1.14 bits per heavy atom. The van der Waals surface area contributed by atoms with Crippen LogP contribution in [-0.2, 0) is 11.8 Å². The van der Waals surface area contributed by atoms with Gasteiger partial charge in [-0.1, -0.05) is 29.8 Å². The van der Waals surface area contributed by atoms with E-state index in [9.17, 15) is 19.1 Å². The van der Waals surface area contributed by atoms with Crippen molar-refractivity contribution in [3.8, 4) is 11.1 Å². The Morgan fingerprint density at radius 3 is 2.55 bits per heavy atom. The van der Waals surface area contributed by atoms with Crippen molar-refractivity contribution in [3.63, 3.8) is 0 Å². The lowest BCUT2D eigenvalue weighted by atomic mass is 9.91. The van der Waals surface area contributed by atoms with Crippen LogP contribution in [0.25, 0.3) is 11.1 Å². The Hall–Kier alpha value is -3.25. The molecule has 0 unspecified atom stereocenters. The molecule has 29 heavy (non-hydrogen) atoms. The zero-order valence-corrected chi connectivity index (χ0v) is 16.2. The quantitative estimate of drug-likeness (QED) is 0.703. The number of carbonyl (C=O) groups is 1. The van der Waals surface area contributed by atoms with E-state index in [-0.39, 0.29) is 12.0 Å². The van der Waals surface area contributed by atoms with Crippen LogP contribution in [0.4, 0.5) is 4.39 Å². The van der Waals surface area contributed by atoms with Crippen LogP contribution in [0.3, 0.4) is 0 Å². The van der Waals surface area contributed by atoms with Gasteiger partial charge in [-0.15, -0.1) is 0 Å². The fourth-order valence-electron chi connectivity index (χ4n) is 3.55. The molecule has 1 aromatic heterocycles. The van der Waals surface area contributed by atoms with Crippen molar-refractivity contribution in [2.24, 2.45) is 12.0 Å². The number of fused-ring (bicyclic) bond motifs is 3. The molecule has 4 rings (SSSR count). The van der Waals surface area contributed by atoms with Crippen LogP contribution in [0.5, 0.6) is 0 Å². The molecule has 1 aliphatic heterocycles. The molecule has 0 saturated carbocycles. The van der Waals surface area contributed by atoms with Crippen molar-refractivity contribution in [1.29, 1.82) is 0 Å². The molecule has 146 valence electrons. The van der Waals surface area contributed by atoms with Gasteiger partial charge in [-0.2, -0.15) is 0 Å². The monoisotopic (exact) mass is 410 g/mol. The highest BCUT2D eigenvalue weighted by atomic mass is 35.5. The topological polar surface area (TPSA) is 71.7 Å². The largest absolute Gasteiger partial charge is 0.481 e. The van der Waals surface area contributed by atoms with E-state index in [4.69, 9.17) is 11.6 Å². The number of benzene rings is 2. The van der Waals surface area contributed by atoms with Crippen LogP contribution in [-0.4, -0.2) is 21.4 Å². The summed E-state index contributed by atoms with van der Waals surface area (Å²) in [7, 11) is 1.61. The van der Waals surface area contributed by atoms with Crippen LogP contribution in [0.1, 0.15) is 29.2 Å². The minimum Gasteiger partial charge on any atom is -0.481 e. The lowest BCUT2D eigenvalue weighted by Gasteiger charge is -2.14. The summed E-state index contributed by atoms with van der Waals surface area (Å²) in [6.45, 7) is 0. The maximum absolute atomic E-state index is 14.2. The second kappa shape index (κ2) is 7.29. The fourth-order valence-corrected chi connectivity index (χ4v) is 3.67. The summed E-state index contributed by atoms with van der Waals surface area (Å²) in [6, 6.07) is 11.8. The van der Waals surface area contributed by atoms with Gasteiger partial charge in [0.15, 0.2) is 0 Å². The minimum absolute atomic E-state index is 0.270. The molecular formula is C22H16ClFN2O3. The molecule has 3 aromatic rings. The smallest absolute Gasteiger partial charge is 0.305 e. The van der Waals surface area contributed by atoms with Gasteiger partial charge in [0.2, 0.25) is 0 Å². The third kappa shape index (κ3) is 3.59. The van der Waals surface area contributed by atoms with E-state index in [0.29, 0.717) is 38.6 Å². The molecule has 5 nitrogen and oxygen atoms in total. The van der Waals surface area contributed by atoms with Crippen molar-refractivity contribution in [3.05, 3.63) is 92.6 Å². The summed E-state index contributed by atoms with van der Waals surface area (Å²) in [5.74, 6) is -1.48. The van der Waals surface area contributed by atoms with Crippen LogP contribution < -0.4 is 5.56 Å². The standard InChI is InChI=1S/C22H16ClFN2O3/c1-26-11-18-15-7-6-14(24)8-17(15)22(12-2-4-13(23)5-3-12)25-19(10-21(28)29)16(18)9-20(26)27/h2-9,11,19H,10H2,1H3,(H,28,29)/t19-/m0/s1. The Morgan fingerprint density at radius 2 is 1.86 bits per heavy atom. The number of carboxylic acids is 1. The van der Waals surface area contributed by atoms with E-state index in [1.807, 2.05) is 0 Å². The first kappa shape index (κ1) is 19.1. The number of carboxylic acid groups (broad SMARTS) is 1. The number of aliphatic imine (C=N–C) groups is 1. The average molecular weight is 411 g/mol. The van der Waals surface area contributed by atoms with Crippen molar-refractivity contribution in [2.45, 2.75) is 12.5 Å². The van der Waals surface area contributed by atoms with Crippen LogP contribution in [0.2, 0.25) is 5.02 Å². The number of nitrogens with zero attached hydrogens (tertiary/aromatic N) is 2. The van der Waals surface area contributed by atoms with Crippen molar-refractivity contribution in [2.75, 3.05) is 0 Å². The minimum atomic E-state index is -1.04. The van der Waals surface area contributed by atoms with E-state index in [0.717, 1.165) is 0 Å². The second-order valence-electron chi connectivity index (χ2n) is 6.88. The molecule has 0 amide bonds. The Bertz CT molecular complexity index is 1220. The number of hydrogen-bond donors (Lipinski definition) is 1. The van der Waals surface area contributed by atoms with Gasteiger partial charge in [-0.3, -0.25) is 14.6 Å². The Kier molecular flexibility index (Phi) is 4.80. The van der Waals surface area contributed by atoms with Gasteiger partial charge in [0, 0.05) is 41.0 Å². The molecule has 0 saturated heterocycles. The van der Waals surface area contributed by atoms with Crippen LogP contribution in [0.15, 0.2) is 64.5 Å². The first-order valence-corrected chi connectivity index (χ1v) is 9.27. The zero-order valence-electron chi connectivity index (χ0n) is 15.4. The summed E-state index contributed by atoms with van der Waals surface area (Å²) in [5, 5.41) is 9.97. The molecule has 1 atom stereocenters. The maximum atomic E-state index is 14.2. The molecule has 1 aliphatic rings. The molecule has 1 N–H and O–H groups in total. The number of aromatic nitrogens is 1. The summed E-state index contributed by atoms with van der Waals surface area (Å²) in [5.41, 5.74) is 3.23. The predicted molar refractivity (Wildman–Crippen MR) is 109 cm³/mol. The third-order valence-electron chi connectivity index (χ3n) is 4.92. The summed E-state index contributed by atoms with van der Waals surface area (Å²) in [4.78, 5) is 28.5. The lowest BCUT2D eigenvalue weighted by molar-refractivity contribution is -0.137. The highest BCUT2D eigenvalue weighted by Crippen LogP contribution is 2.38. The molecule has 7 heteroatoms. The molecule has 0 radical (unpaired) electrons. The van der Waals surface area contributed by atoms with Gasteiger partial charge in [-0.05, 0) is 35.4 Å². The van der Waals surface area contributed by atoms with E-state index >= 15 is 0 Å². The van der Waals surface area contributed by atoms with E-state index < -0.39 is 17.8 Å². The van der Waals surface area contributed by atoms with Crippen LogP contribution in [0, 0.1) is 5.82 Å². The second-order valence-corrected chi connectivity index (χ2v) is 7.32. The number of aryl methyl sites for hydroxylation is 1. The molecule has 0 fully saturated rings. The highest BCUT2D eigenvalue weighted by molar-refractivity contribution is 6.30.